The van der Waals surface area contributed by atoms with Crippen LogP contribution >= 0.6 is 0 Å². The second-order valence-corrected chi connectivity index (χ2v) is 8.65. The summed E-state index contributed by atoms with van der Waals surface area (Å²) in [5, 5.41) is 9.75. The van der Waals surface area contributed by atoms with Gasteiger partial charge < -0.3 is 14.4 Å². The molecule has 1 saturated heterocycles. The quantitative estimate of drug-likeness (QED) is 0.688. The second kappa shape index (κ2) is 8.19. The molecule has 30 heavy (non-hydrogen) atoms. The van der Waals surface area contributed by atoms with Crippen LogP contribution < -0.4 is 0 Å². The van der Waals surface area contributed by atoms with Crippen molar-refractivity contribution < 1.29 is 19.1 Å². The van der Waals surface area contributed by atoms with E-state index in [0.717, 1.165) is 24.0 Å². The molecular formula is C23H29N3O4. The number of Topliss-reactive ketones (excluding diaryl/α,β-unsaturated/α-hetero) is 1. The Morgan fingerprint density at radius 3 is 2.60 bits per heavy atom. The summed E-state index contributed by atoms with van der Waals surface area (Å²) in [7, 11) is 1.71. The van der Waals surface area contributed by atoms with Crippen LogP contribution in [0.15, 0.2) is 17.8 Å². The number of ketones is 1. The monoisotopic (exact) mass is 411 g/mol. The van der Waals surface area contributed by atoms with Crippen molar-refractivity contribution in [1.29, 1.82) is 5.26 Å². The predicted molar refractivity (Wildman–Crippen MR) is 111 cm³/mol. The number of piperidine rings is 1. The third kappa shape index (κ3) is 3.84. The number of hydrogen-bond acceptors (Lipinski definition) is 7. The topological polar surface area (TPSA) is 92.5 Å². The Morgan fingerprint density at radius 2 is 2.03 bits per heavy atom. The lowest BCUT2D eigenvalue weighted by Crippen LogP contribution is -2.44. The van der Waals surface area contributed by atoms with E-state index in [1.807, 2.05) is 6.07 Å². The van der Waals surface area contributed by atoms with Gasteiger partial charge in [0.2, 0.25) is 0 Å². The largest absolute Gasteiger partial charge is 0.465 e. The molecule has 0 bridgehead atoms. The van der Waals surface area contributed by atoms with Gasteiger partial charge in [-0.2, -0.15) is 5.26 Å². The Hall–Kier alpha value is -2.72. The van der Waals surface area contributed by atoms with Gasteiger partial charge in [0.25, 0.3) is 0 Å². The number of carbonyl (C=O) groups excluding carboxylic acids is 2. The molecule has 1 aromatic rings. The van der Waals surface area contributed by atoms with Gasteiger partial charge >= 0.3 is 5.97 Å². The molecule has 0 amide bonds. The number of likely N-dealkylation sites (tertiary alicyclic amines) is 1. The van der Waals surface area contributed by atoms with E-state index in [1.54, 1.807) is 34.1 Å². The summed E-state index contributed by atoms with van der Waals surface area (Å²) in [4.78, 5) is 31.7. The second-order valence-electron chi connectivity index (χ2n) is 8.65. The number of ether oxygens (including phenoxy) is 2. The first-order chi connectivity index (χ1) is 14.2. The van der Waals surface area contributed by atoms with Gasteiger partial charge in [-0.25, -0.2) is 0 Å². The van der Waals surface area contributed by atoms with E-state index in [2.05, 4.69) is 22.9 Å². The highest BCUT2D eigenvalue weighted by molar-refractivity contribution is 6.09. The molecule has 2 heterocycles. The molecule has 0 N–H and O–H groups in total. The molecule has 0 radical (unpaired) electrons. The van der Waals surface area contributed by atoms with E-state index >= 15 is 0 Å². The normalized spacial score (nSPS) is 18.7. The van der Waals surface area contributed by atoms with E-state index < -0.39 is 5.41 Å². The Kier molecular flexibility index (Phi) is 6.00. The highest BCUT2D eigenvalue weighted by Crippen LogP contribution is 2.37. The SMILES string of the molecule is CCOC(=O)C(C)(C)c1cc2c(cn1)CC(=O)C(C#N)=C2N1CCC(C)(OC)CC1. The van der Waals surface area contributed by atoms with Crippen LogP contribution in [0.1, 0.15) is 57.4 Å². The van der Waals surface area contributed by atoms with Gasteiger partial charge in [0.05, 0.1) is 23.6 Å². The summed E-state index contributed by atoms with van der Waals surface area (Å²) >= 11 is 0. The minimum absolute atomic E-state index is 0.137. The molecule has 0 spiro atoms. The summed E-state index contributed by atoms with van der Waals surface area (Å²) in [6, 6.07) is 3.97. The van der Waals surface area contributed by atoms with Crippen molar-refractivity contribution >= 4 is 17.4 Å². The number of methoxy groups -OCH3 is 1. The number of esters is 1. The fraction of sp³-hybridized carbons (Fsp3) is 0.565. The zero-order chi connectivity index (χ0) is 22.1. The average Bonchev–Trinajstić information content (AvgIpc) is 2.73. The Labute approximate surface area is 177 Å². The maximum absolute atomic E-state index is 12.7. The summed E-state index contributed by atoms with van der Waals surface area (Å²) < 4.78 is 10.9. The number of nitrogens with zero attached hydrogens (tertiary/aromatic N) is 3. The van der Waals surface area contributed by atoms with Crippen LogP contribution in [-0.2, 0) is 30.9 Å². The number of allylic oxidation sites excluding steroid dienone is 1. The van der Waals surface area contributed by atoms with Crippen LogP contribution in [0.5, 0.6) is 0 Å². The van der Waals surface area contributed by atoms with Crippen LogP contribution in [0.3, 0.4) is 0 Å². The van der Waals surface area contributed by atoms with Crippen molar-refractivity contribution in [3.63, 3.8) is 0 Å². The van der Waals surface area contributed by atoms with Gasteiger partial charge in [-0.3, -0.25) is 14.6 Å². The van der Waals surface area contributed by atoms with E-state index in [0.29, 0.717) is 24.5 Å². The first kappa shape index (κ1) is 22.0. The van der Waals surface area contributed by atoms with E-state index in [4.69, 9.17) is 9.47 Å². The molecule has 7 heteroatoms. The molecule has 3 rings (SSSR count). The standard InChI is InChI=1S/C23H29N3O4/c1-6-30-21(28)22(2,3)19-12-16-15(14-25-19)11-18(27)17(13-24)20(16)26-9-7-23(4,29-5)8-10-26/h12,14H,6-11H2,1-5H3. The molecule has 2 aliphatic rings. The number of aromatic nitrogens is 1. The third-order valence-corrected chi connectivity index (χ3v) is 6.28. The minimum Gasteiger partial charge on any atom is -0.465 e. The fourth-order valence-corrected chi connectivity index (χ4v) is 3.98. The van der Waals surface area contributed by atoms with Gasteiger partial charge in [0.15, 0.2) is 5.78 Å². The molecule has 1 aromatic heterocycles. The van der Waals surface area contributed by atoms with Crippen LogP contribution in [0.2, 0.25) is 0 Å². The lowest BCUT2D eigenvalue weighted by atomic mass is 9.83. The molecule has 7 nitrogen and oxygen atoms in total. The van der Waals surface area contributed by atoms with E-state index in [1.165, 1.54) is 0 Å². The summed E-state index contributed by atoms with van der Waals surface area (Å²) in [6.45, 7) is 9.03. The predicted octanol–water partition coefficient (Wildman–Crippen LogP) is 2.78. The number of rotatable bonds is 5. The molecule has 0 aromatic carbocycles. The lowest BCUT2D eigenvalue weighted by Gasteiger charge is -2.41. The number of hydrogen-bond donors (Lipinski definition) is 0. The smallest absolute Gasteiger partial charge is 0.317 e. The van der Waals surface area contributed by atoms with Crippen molar-refractivity contribution in [2.24, 2.45) is 0 Å². The molecule has 160 valence electrons. The summed E-state index contributed by atoms with van der Waals surface area (Å²) in [5.74, 6) is -0.552. The summed E-state index contributed by atoms with van der Waals surface area (Å²) in [6.07, 6.45) is 3.38. The average molecular weight is 412 g/mol. The van der Waals surface area contributed by atoms with Gasteiger partial charge in [-0.15, -0.1) is 0 Å². The van der Waals surface area contributed by atoms with E-state index in [9.17, 15) is 14.9 Å². The van der Waals surface area contributed by atoms with E-state index in [-0.39, 0.29) is 36.0 Å². The van der Waals surface area contributed by atoms with Crippen molar-refractivity contribution in [2.45, 2.75) is 58.0 Å². The Morgan fingerprint density at radius 1 is 1.37 bits per heavy atom. The van der Waals surface area contributed by atoms with Crippen LogP contribution in [-0.4, -0.2) is 54.0 Å². The van der Waals surface area contributed by atoms with Crippen LogP contribution in [0.4, 0.5) is 0 Å². The fourth-order valence-electron chi connectivity index (χ4n) is 3.98. The number of fused-ring (bicyclic) bond motifs is 1. The van der Waals surface area contributed by atoms with Crippen molar-refractivity contribution in [3.8, 4) is 6.07 Å². The van der Waals surface area contributed by atoms with Gasteiger partial charge in [-0.1, -0.05) is 0 Å². The molecule has 1 fully saturated rings. The first-order valence-electron chi connectivity index (χ1n) is 10.3. The van der Waals surface area contributed by atoms with Crippen LogP contribution in [0, 0.1) is 11.3 Å². The van der Waals surface area contributed by atoms with Gasteiger partial charge in [0, 0.05) is 38.4 Å². The highest BCUT2D eigenvalue weighted by Gasteiger charge is 2.38. The maximum atomic E-state index is 12.7. The molecular weight excluding hydrogens is 382 g/mol. The minimum atomic E-state index is -0.944. The zero-order valence-electron chi connectivity index (χ0n) is 18.4. The molecule has 0 saturated carbocycles. The highest BCUT2D eigenvalue weighted by atomic mass is 16.5. The number of pyridine rings is 1. The molecule has 1 aliphatic carbocycles. The Balaban J connectivity index is 2.06. The van der Waals surface area contributed by atoms with Crippen molar-refractivity contribution in [2.75, 3.05) is 26.8 Å². The van der Waals surface area contributed by atoms with Crippen molar-refractivity contribution in [3.05, 3.63) is 34.7 Å². The molecule has 1 aliphatic heterocycles. The summed E-state index contributed by atoms with van der Waals surface area (Å²) in [5.41, 5.74) is 1.80. The number of nitriles is 1. The van der Waals surface area contributed by atoms with Crippen LogP contribution in [0.25, 0.3) is 5.70 Å². The Bertz CT molecular complexity index is 934. The third-order valence-electron chi connectivity index (χ3n) is 6.28. The number of carbonyl (C=O) groups is 2. The van der Waals surface area contributed by atoms with Gasteiger partial charge in [0.1, 0.15) is 17.1 Å². The van der Waals surface area contributed by atoms with Crippen molar-refractivity contribution in [1.82, 2.24) is 9.88 Å². The van der Waals surface area contributed by atoms with Gasteiger partial charge in [-0.05, 0) is 52.2 Å². The molecule has 0 unspecified atom stereocenters. The lowest BCUT2D eigenvalue weighted by molar-refractivity contribution is -0.149. The molecule has 0 atom stereocenters. The maximum Gasteiger partial charge on any atom is 0.317 e. The first-order valence-corrected chi connectivity index (χ1v) is 10.3. The zero-order valence-corrected chi connectivity index (χ0v) is 18.4.